The SMILES string of the molecule is COc1ccc2[nH]cc(CCN(Cc3ccc(OC)c(OC)c3)C(=S)Nc3ccc(Nc4ccccc4)cc3)c2c1. The minimum atomic E-state index is 0.603. The molecule has 7 nitrogen and oxygen atoms in total. The molecule has 0 saturated carbocycles. The molecule has 1 aromatic heterocycles. The monoisotopic (exact) mass is 566 g/mol. The predicted molar refractivity (Wildman–Crippen MR) is 171 cm³/mol. The Morgan fingerprint density at radius 1 is 0.780 bits per heavy atom. The van der Waals surface area contributed by atoms with Crippen LogP contribution in [0.3, 0.4) is 0 Å². The zero-order valence-electron chi connectivity index (χ0n) is 23.4. The van der Waals surface area contributed by atoms with Gasteiger partial charge in [-0.3, -0.25) is 0 Å². The van der Waals surface area contributed by atoms with Crippen LogP contribution in [0.2, 0.25) is 0 Å². The van der Waals surface area contributed by atoms with E-state index < -0.39 is 0 Å². The average Bonchev–Trinajstić information content (AvgIpc) is 3.42. The van der Waals surface area contributed by atoms with E-state index in [1.807, 2.05) is 84.9 Å². The Balaban J connectivity index is 1.33. The molecule has 41 heavy (non-hydrogen) atoms. The molecule has 0 unspecified atom stereocenters. The van der Waals surface area contributed by atoms with Crippen LogP contribution in [0, 0.1) is 0 Å². The van der Waals surface area contributed by atoms with Crippen LogP contribution < -0.4 is 24.8 Å². The fourth-order valence-corrected chi connectivity index (χ4v) is 5.00. The molecule has 0 aliphatic heterocycles. The number of ether oxygens (including phenoxy) is 3. The number of anilines is 3. The molecule has 1 heterocycles. The first-order valence-electron chi connectivity index (χ1n) is 13.4. The number of aromatic amines is 1. The Bertz CT molecular complexity index is 1600. The number of methoxy groups -OCH3 is 3. The predicted octanol–water partition coefficient (Wildman–Crippen LogP) is 7.38. The fraction of sp³-hybridized carbons (Fsp3) is 0.182. The third kappa shape index (κ3) is 6.91. The molecule has 0 aliphatic carbocycles. The molecule has 0 aliphatic rings. The second-order valence-electron chi connectivity index (χ2n) is 9.58. The fourth-order valence-electron chi connectivity index (χ4n) is 4.73. The Labute approximate surface area is 246 Å². The minimum absolute atomic E-state index is 0.603. The molecule has 210 valence electrons. The summed E-state index contributed by atoms with van der Waals surface area (Å²) in [5.41, 5.74) is 6.31. The summed E-state index contributed by atoms with van der Waals surface area (Å²) in [5, 5.41) is 8.64. The topological polar surface area (TPSA) is 70.8 Å². The van der Waals surface area contributed by atoms with Gasteiger partial charge in [0.1, 0.15) is 5.75 Å². The Hall–Kier alpha value is -4.69. The van der Waals surface area contributed by atoms with Crippen molar-refractivity contribution >= 4 is 45.3 Å². The zero-order chi connectivity index (χ0) is 28.6. The van der Waals surface area contributed by atoms with E-state index in [0.29, 0.717) is 29.7 Å². The van der Waals surface area contributed by atoms with Gasteiger partial charge in [0.25, 0.3) is 0 Å². The van der Waals surface area contributed by atoms with Gasteiger partial charge in [-0.05, 0) is 96.5 Å². The number of fused-ring (bicyclic) bond motifs is 1. The Kier molecular flexibility index (Phi) is 8.91. The summed E-state index contributed by atoms with van der Waals surface area (Å²) >= 11 is 5.95. The van der Waals surface area contributed by atoms with E-state index in [4.69, 9.17) is 26.4 Å². The molecule has 0 bridgehead atoms. The molecule has 0 saturated heterocycles. The Morgan fingerprint density at radius 3 is 2.24 bits per heavy atom. The van der Waals surface area contributed by atoms with E-state index in [-0.39, 0.29) is 0 Å². The second-order valence-corrected chi connectivity index (χ2v) is 9.97. The summed E-state index contributed by atoms with van der Waals surface area (Å²) in [4.78, 5) is 5.55. The normalized spacial score (nSPS) is 10.7. The summed E-state index contributed by atoms with van der Waals surface area (Å²) in [7, 11) is 4.97. The first-order valence-corrected chi connectivity index (χ1v) is 13.8. The van der Waals surface area contributed by atoms with E-state index in [2.05, 4.69) is 32.8 Å². The number of nitrogens with one attached hydrogen (secondary N) is 3. The van der Waals surface area contributed by atoms with Crippen molar-refractivity contribution in [2.24, 2.45) is 0 Å². The van der Waals surface area contributed by atoms with Crippen molar-refractivity contribution < 1.29 is 14.2 Å². The van der Waals surface area contributed by atoms with Gasteiger partial charge in [0.2, 0.25) is 0 Å². The summed E-state index contributed by atoms with van der Waals surface area (Å²) in [6.07, 6.45) is 2.86. The van der Waals surface area contributed by atoms with Crippen molar-refractivity contribution in [2.45, 2.75) is 13.0 Å². The molecule has 4 aromatic carbocycles. The van der Waals surface area contributed by atoms with Crippen molar-refractivity contribution in [3.8, 4) is 17.2 Å². The molecule has 5 aromatic rings. The van der Waals surface area contributed by atoms with Gasteiger partial charge in [0.15, 0.2) is 16.6 Å². The summed E-state index contributed by atoms with van der Waals surface area (Å²) in [5.74, 6) is 2.22. The van der Waals surface area contributed by atoms with Gasteiger partial charge in [-0.15, -0.1) is 0 Å². The summed E-state index contributed by atoms with van der Waals surface area (Å²) in [6.45, 7) is 1.31. The number of aromatic nitrogens is 1. The average molecular weight is 567 g/mol. The highest BCUT2D eigenvalue weighted by Gasteiger charge is 2.15. The van der Waals surface area contributed by atoms with Crippen molar-refractivity contribution in [3.05, 3.63) is 108 Å². The molecule has 0 atom stereocenters. The van der Waals surface area contributed by atoms with Crippen LogP contribution in [-0.2, 0) is 13.0 Å². The molecule has 5 rings (SSSR count). The van der Waals surface area contributed by atoms with E-state index in [1.54, 1.807) is 21.3 Å². The molecule has 8 heteroatoms. The maximum atomic E-state index is 5.95. The van der Waals surface area contributed by atoms with E-state index in [1.165, 1.54) is 5.56 Å². The number of H-pyrrole nitrogens is 1. The number of hydrogen-bond acceptors (Lipinski definition) is 5. The minimum Gasteiger partial charge on any atom is -0.497 e. The van der Waals surface area contributed by atoms with Crippen LogP contribution in [0.5, 0.6) is 17.2 Å². The largest absolute Gasteiger partial charge is 0.497 e. The number of para-hydroxylation sites is 1. The first-order chi connectivity index (χ1) is 20.1. The molecule has 0 fully saturated rings. The van der Waals surface area contributed by atoms with Gasteiger partial charge in [-0.1, -0.05) is 24.3 Å². The Morgan fingerprint density at radius 2 is 1.51 bits per heavy atom. The number of thiocarbonyl (C=S) groups is 1. The molecular weight excluding hydrogens is 532 g/mol. The molecule has 3 N–H and O–H groups in total. The van der Waals surface area contributed by atoms with Crippen molar-refractivity contribution in [1.82, 2.24) is 9.88 Å². The lowest BCUT2D eigenvalue weighted by atomic mass is 10.1. The third-order valence-electron chi connectivity index (χ3n) is 6.93. The number of benzene rings is 4. The van der Waals surface area contributed by atoms with Gasteiger partial charge in [-0.2, -0.15) is 0 Å². The standard InChI is InChI=1S/C33H34N4O3S/c1-38-28-14-15-30-29(20-28)24(21-34-30)17-18-37(22-23-9-16-31(39-2)32(19-23)40-3)33(41)36-27-12-10-26(11-13-27)35-25-7-5-4-6-8-25/h4-16,19-21,34-35H,17-18,22H2,1-3H3,(H,36,41). The van der Waals surface area contributed by atoms with Crippen molar-refractivity contribution in [1.29, 1.82) is 0 Å². The number of nitrogens with zero attached hydrogens (tertiary/aromatic N) is 1. The third-order valence-corrected chi connectivity index (χ3v) is 7.29. The van der Waals surface area contributed by atoms with Crippen LogP contribution in [0.15, 0.2) is 97.2 Å². The van der Waals surface area contributed by atoms with Gasteiger partial charge < -0.3 is 34.7 Å². The number of rotatable bonds is 11. The van der Waals surface area contributed by atoms with E-state index in [9.17, 15) is 0 Å². The lowest BCUT2D eigenvalue weighted by molar-refractivity contribution is 0.353. The van der Waals surface area contributed by atoms with Crippen molar-refractivity contribution in [2.75, 3.05) is 38.5 Å². The van der Waals surface area contributed by atoms with Crippen LogP contribution in [-0.4, -0.2) is 42.9 Å². The van der Waals surface area contributed by atoms with Crippen molar-refractivity contribution in [3.63, 3.8) is 0 Å². The molecular formula is C33H34N4O3S. The lowest BCUT2D eigenvalue weighted by Crippen LogP contribution is -2.35. The first kappa shape index (κ1) is 27.9. The second kappa shape index (κ2) is 13.1. The number of hydrogen-bond donors (Lipinski definition) is 3. The maximum absolute atomic E-state index is 5.95. The molecule has 0 spiro atoms. The highest BCUT2D eigenvalue weighted by molar-refractivity contribution is 7.80. The molecule has 0 radical (unpaired) electrons. The van der Waals surface area contributed by atoms with E-state index in [0.717, 1.165) is 45.7 Å². The summed E-state index contributed by atoms with van der Waals surface area (Å²) < 4.78 is 16.4. The van der Waals surface area contributed by atoms with Gasteiger partial charge in [0, 0.05) is 47.3 Å². The highest BCUT2D eigenvalue weighted by Crippen LogP contribution is 2.29. The highest BCUT2D eigenvalue weighted by atomic mass is 32.1. The molecule has 0 amide bonds. The van der Waals surface area contributed by atoms with Crippen LogP contribution >= 0.6 is 12.2 Å². The maximum Gasteiger partial charge on any atom is 0.173 e. The summed E-state index contributed by atoms with van der Waals surface area (Å²) in [6, 6.07) is 30.3. The van der Waals surface area contributed by atoms with Gasteiger partial charge in [0.05, 0.1) is 21.3 Å². The van der Waals surface area contributed by atoms with Crippen LogP contribution in [0.4, 0.5) is 17.1 Å². The lowest BCUT2D eigenvalue weighted by Gasteiger charge is -2.26. The van der Waals surface area contributed by atoms with Crippen LogP contribution in [0.1, 0.15) is 11.1 Å². The van der Waals surface area contributed by atoms with Crippen LogP contribution in [0.25, 0.3) is 10.9 Å². The van der Waals surface area contributed by atoms with Gasteiger partial charge >= 0.3 is 0 Å². The smallest absolute Gasteiger partial charge is 0.173 e. The van der Waals surface area contributed by atoms with E-state index >= 15 is 0 Å². The quantitative estimate of drug-likeness (QED) is 0.144. The van der Waals surface area contributed by atoms with Gasteiger partial charge in [-0.25, -0.2) is 0 Å². The zero-order valence-corrected chi connectivity index (χ0v) is 24.3.